The second-order valence-corrected chi connectivity index (χ2v) is 2.78. The first-order valence-corrected chi connectivity index (χ1v) is 3.85. The first-order chi connectivity index (χ1) is 6.93. The normalized spacial score (nSPS) is 10.0. The van der Waals surface area contributed by atoms with E-state index in [9.17, 15) is 18.4 Å². The van der Waals surface area contributed by atoms with Crippen LogP contribution < -0.4 is 0 Å². The van der Waals surface area contributed by atoms with Crippen molar-refractivity contribution in [2.24, 2.45) is 0 Å². The molecule has 1 aromatic rings. The van der Waals surface area contributed by atoms with Crippen LogP contribution >= 0.6 is 0 Å². The van der Waals surface area contributed by atoms with Crippen molar-refractivity contribution < 1.29 is 28.6 Å². The fraction of sp³-hybridized carbons (Fsp3) is 0.111. The summed E-state index contributed by atoms with van der Waals surface area (Å²) in [5.74, 6) is -6.77. The summed E-state index contributed by atoms with van der Waals surface area (Å²) in [7, 11) is 0. The molecular formula is C9H6F2O4. The van der Waals surface area contributed by atoms with Gasteiger partial charge in [0.25, 0.3) is 0 Å². The number of phenolic OH excluding ortho intramolecular Hbond substituents is 1. The Balaban J connectivity index is 3.02. The second-order valence-electron chi connectivity index (χ2n) is 2.78. The maximum absolute atomic E-state index is 13.0. The lowest BCUT2D eigenvalue weighted by Crippen LogP contribution is -2.16. The molecule has 0 fully saturated rings. The molecule has 0 aliphatic rings. The Bertz CT molecular complexity index is 428. The van der Waals surface area contributed by atoms with E-state index in [-0.39, 0.29) is 0 Å². The number of carboxylic acid groups (broad SMARTS) is 1. The highest BCUT2D eigenvalue weighted by Gasteiger charge is 2.18. The Hall–Kier alpha value is -1.98. The molecule has 1 rings (SSSR count). The summed E-state index contributed by atoms with van der Waals surface area (Å²) in [6, 6.07) is 1.80. The van der Waals surface area contributed by atoms with Gasteiger partial charge in [0.05, 0.1) is 0 Å². The Kier molecular flexibility index (Phi) is 2.99. The van der Waals surface area contributed by atoms with Gasteiger partial charge in [0.15, 0.2) is 11.6 Å². The zero-order chi connectivity index (χ0) is 11.6. The summed E-state index contributed by atoms with van der Waals surface area (Å²) in [5.41, 5.74) is -0.405. The number of carbonyl (C=O) groups is 2. The van der Waals surface area contributed by atoms with Crippen LogP contribution in [0.3, 0.4) is 0 Å². The standard InChI is InChI=1S/C9H6F2O4/c10-7-4(3-6(13)9(14)15)1-2-5(12)8(7)11/h1-2,12H,3H2,(H,14,15). The van der Waals surface area contributed by atoms with Gasteiger partial charge in [-0.05, 0) is 11.6 Å². The minimum absolute atomic E-state index is 0.405. The zero-order valence-electron chi connectivity index (χ0n) is 7.33. The summed E-state index contributed by atoms with van der Waals surface area (Å²) < 4.78 is 25.8. The molecule has 0 aliphatic heterocycles. The van der Waals surface area contributed by atoms with E-state index >= 15 is 0 Å². The number of benzene rings is 1. The van der Waals surface area contributed by atoms with E-state index in [2.05, 4.69) is 0 Å². The van der Waals surface area contributed by atoms with Crippen LogP contribution in [-0.2, 0) is 16.0 Å². The van der Waals surface area contributed by atoms with E-state index in [0.29, 0.717) is 0 Å². The number of phenols is 1. The summed E-state index contributed by atoms with van der Waals surface area (Å²) >= 11 is 0. The van der Waals surface area contributed by atoms with E-state index in [1.807, 2.05) is 0 Å². The summed E-state index contributed by atoms with van der Waals surface area (Å²) in [4.78, 5) is 20.9. The molecule has 0 radical (unpaired) electrons. The Morgan fingerprint density at radius 3 is 2.33 bits per heavy atom. The van der Waals surface area contributed by atoms with Crippen molar-refractivity contribution in [2.75, 3.05) is 0 Å². The number of rotatable bonds is 3. The average molecular weight is 216 g/mol. The van der Waals surface area contributed by atoms with Crippen molar-refractivity contribution in [1.82, 2.24) is 0 Å². The number of ketones is 1. The van der Waals surface area contributed by atoms with Crippen molar-refractivity contribution in [2.45, 2.75) is 6.42 Å². The molecule has 15 heavy (non-hydrogen) atoms. The van der Waals surface area contributed by atoms with Crippen LogP contribution in [0.5, 0.6) is 5.75 Å². The van der Waals surface area contributed by atoms with Crippen LogP contribution in [0.15, 0.2) is 12.1 Å². The second kappa shape index (κ2) is 4.04. The minimum atomic E-state index is -1.72. The van der Waals surface area contributed by atoms with Gasteiger partial charge >= 0.3 is 5.97 Å². The van der Waals surface area contributed by atoms with Crippen molar-refractivity contribution in [3.05, 3.63) is 29.3 Å². The number of aromatic hydroxyl groups is 1. The van der Waals surface area contributed by atoms with Gasteiger partial charge in [-0.1, -0.05) is 6.07 Å². The van der Waals surface area contributed by atoms with Crippen LogP contribution in [0.1, 0.15) is 5.56 Å². The van der Waals surface area contributed by atoms with E-state index < -0.39 is 41.1 Å². The Morgan fingerprint density at radius 2 is 1.80 bits per heavy atom. The van der Waals surface area contributed by atoms with E-state index in [1.54, 1.807) is 0 Å². The molecule has 0 aliphatic carbocycles. The van der Waals surface area contributed by atoms with E-state index in [4.69, 9.17) is 10.2 Å². The molecule has 6 heteroatoms. The average Bonchev–Trinajstić information content (AvgIpc) is 2.18. The van der Waals surface area contributed by atoms with Crippen LogP contribution in [0.25, 0.3) is 0 Å². The maximum Gasteiger partial charge on any atom is 0.372 e. The fourth-order valence-corrected chi connectivity index (χ4v) is 0.964. The number of carboxylic acids is 1. The molecule has 0 spiro atoms. The molecule has 0 aromatic heterocycles. The number of Topliss-reactive ketones (excluding diaryl/α,β-unsaturated/α-hetero) is 1. The number of hydrogen-bond donors (Lipinski definition) is 2. The predicted molar refractivity (Wildman–Crippen MR) is 44.4 cm³/mol. The summed E-state index contributed by atoms with van der Waals surface area (Å²) in [6.07, 6.45) is -0.752. The highest BCUT2D eigenvalue weighted by atomic mass is 19.2. The predicted octanol–water partition coefficient (Wildman–Crippen LogP) is 0.867. The molecule has 0 saturated carbocycles. The quantitative estimate of drug-likeness (QED) is 0.735. The lowest BCUT2D eigenvalue weighted by Gasteiger charge is -2.02. The Labute approximate surface area is 82.8 Å². The third-order valence-corrected chi connectivity index (χ3v) is 1.73. The Morgan fingerprint density at radius 1 is 1.20 bits per heavy atom. The lowest BCUT2D eigenvalue weighted by atomic mass is 10.1. The van der Waals surface area contributed by atoms with Gasteiger partial charge in [-0.3, -0.25) is 4.79 Å². The highest BCUT2D eigenvalue weighted by molar-refractivity contribution is 6.33. The number of aliphatic carboxylic acids is 1. The number of hydrogen-bond acceptors (Lipinski definition) is 3. The molecule has 0 atom stereocenters. The van der Waals surface area contributed by atoms with Crippen molar-refractivity contribution in [1.29, 1.82) is 0 Å². The van der Waals surface area contributed by atoms with Crippen molar-refractivity contribution in [3.63, 3.8) is 0 Å². The molecule has 0 bridgehead atoms. The highest BCUT2D eigenvalue weighted by Crippen LogP contribution is 2.21. The fourth-order valence-electron chi connectivity index (χ4n) is 0.964. The minimum Gasteiger partial charge on any atom is -0.505 e. The van der Waals surface area contributed by atoms with Gasteiger partial charge in [0.1, 0.15) is 0 Å². The summed E-state index contributed by atoms with van der Waals surface area (Å²) in [5, 5.41) is 17.0. The third kappa shape index (κ3) is 2.28. The maximum atomic E-state index is 13.0. The van der Waals surface area contributed by atoms with Gasteiger partial charge in [0, 0.05) is 6.42 Å². The topological polar surface area (TPSA) is 74.6 Å². The molecule has 0 heterocycles. The van der Waals surface area contributed by atoms with Gasteiger partial charge in [-0.2, -0.15) is 4.39 Å². The molecule has 2 N–H and O–H groups in total. The van der Waals surface area contributed by atoms with Gasteiger partial charge < -0.3 is 10.2 Å². The molecular weight excluding hydrogens is 210 g/mol. The van der Waals surface area contributed by atoms with E-state index in [0.717, 1.165) is 12.1 Å². The molecule has 0 saturated heterocycles. The zero-order valence-corrected chi connectivity index (χ0v) is 7.33. The van der Waals surface area contributed by atoms with Crippen molar-refractivity contribution in [3.8, 4) is 5.75 Å². The van der Waals surface area contributed by atoms with Crippen LogP contribution in [-0.4, -0.2) is 22.0 Å². The molecule has 0 amide bonds. The monoisotopic (exact) mass is 216 g/mol. The van der Waals surface area contributed by atoms with Gasteiger partial charge in [0.2, 0.25) is 11.6 Å². The third-order valence-electron chi connectivity index (χ3n) is 1.73. The molecule has 0 unspecified atom stereocenters. The van der Waals surface area contributed by atoms with Crippen LogP contribution in [0.4, 0.5) is 8.78 Å². The SMILES string of the molecule is O=C(O)C(=O)Cc1ccc(O)c(F)c1F. The first kappa shape index (κ1) is 11.1. The van der Waals surface area contributed by atoms with Crippen LogP contribution in [0, 0.1) is 11.6 Å². The largest absolute Gasteiger partial charge is 0.505 e. The van der Waals surface area contributed by atoms with Gasteiger partial charge in [-0.15, -0.1) is 0 Å². The molecule has 80 valence electrons. The molecule has 1 aromatic carbocycles. The van der Waals surface area contributed by atoms with Gasteiger partial charge in [-0.25, -0.2) is 9.18 Å². The molecule has 4 nitrogen and oxygen atoms in total. The van der Waals surface area contributed by atoms with Crippen LogP contribution in [0.2, 0.25) is 0 Å². The lowest BCUT2D eigenvalue weighted by molar-refractivity contribution is -0.148. The summed E-state index contributed by atoms with van der Waals surface area (Å²) in [6.45, 7) is 0. The smallest absolute Gasteiger partial charge is 0.372 e. The number of halogens is 2. The number of carbonyl (C=O) groups excluding carboxylic acids is 1. The van der Waals surface area contributed by atoms with Crippen molar-refractivity contribution >= 4 is 11.8 Å². The first-order valence-electron chi connectivity index (χ1n) is 3.85. The van der Waals surface area contributed by atoms with E-state index in [1.165, 1.54) is 0 Å².